The molecule has 0 atom stereocenters. The fourth-order valence-electron chi connectivity index (χ4n) is 1.96. The molecule has 0 unspecified atom stereocenters. The third kappa shape index (κ3) is 5.28. The summed E-state index contributed by atoms with van der Waals surface area (Å²) < 4.78 is 10.1. The van der Waals surface area contributed by atoms with Gasteiger partial charge in [0.1, 0.15) is 5.75 Å². The van der Waals surface area contributed by atoms with Crippen molar-refractivity contribution < 1.29 is 19.1 Å². The number of halogens is 1. The van der Waals surface area contributed by atoms with E-state index in [-0.39, 0.29) is 13.2 Å². The topological polar surface area (TPSA) is 64.6 Å². The van der Waals surface area contributed by atoms with Crippen LogP contribution in [0.5, 0.6) is 5.75 Å². The number of hydrogen-bond acceptors (Lipinski definition) is 4. The van der Waals surface area contributed by atoms with Crippen LogP contribution in [-0.4, -0.2) is 25.1 Å². The highest BCUT2D eigenvalue weighted by Crippen LogP contribution is 2.18. The summed E-state index contributed by atoms with van der Waals surface area (Å²) in [6.45, 7) is 3.20. The zero-order valence-electron chi connectivity index (χ0n) is 13.5. The summed E-state index contributed by atoms with van der Waals surface area (Å²) in [6, 6.07) is 12.3. The molecule has 0 saturated carbocycles. The van der Waals surface area contributed by atoms with E-state index in [1.54, 1.807) is 30.3 Å². The number of ether oxygens (including phenoxy) is 2. The van der Waals surface area contributed by atoms with Gasteiger partial charge in [0.2, 0.25) is 0 Å². The van der Waals surface area contributed by atoms with Crippen molar-refractivity contribution in [3.8, 4) is 5.75 Å². The molecule has 5 nitrogen and oxygen atoms in total. The van der Waals surface area contributed by atoms with E-state index in [9.17, 15) is 9.59 Å². The molecule has 24 heavy (non-hydrogen) atoms. The number of carbonyl (C=O) groups is 2. The zero-order valence-corrected chi connectivity index (χ0v) is 14.2. The fourth-order valence-corrected chi connectivity index (χ4v) is 2.14. The number of amides is 1. The third-order valence-electron chi connectivity index (χ3n) is 3.40. The summed E-state index contributed by atoms with van der Waals surface area (Å²) in [5.41, 5.74) is 2.74. The second-order valence-electron chi connectivity index (χ2n) is 5.20. The van der Waals surface area contributed by atoms with Crippen LogP contribution in [-0.2, 0) is 14.3 Å². The first-order valence-corrected chi connectivity index (χ1v) is 7.73. The lowest BCUT2D eigenvalue weighted by molar-refractivity contribution is -0.149. The van der Waals surface area contributed by atoms with Crippen molar-refractivity contribution in [1.29, 1.82) is 0 Å². The van der Waals surface area contributed by atoms with Gasteiger partial charge in [-0.2, -0.15) is 0 Å². The van der Waals surface area contributed by atoms with Crippen molar-refractivity contribution in [2.24, 2.45) is 0 Å². The molecule has 2 rings (SSSR count). The van der Waals surface area contributed by atoms with Crippen LogP contribution < -0.4 is 10.1 Å². The van der Waals surface area contributed by atoms with Gasteiger partial charge in [-0.25, -0.2) is 4.79 Å². The maximum Gasteiger partial charge on any atom is 0.344 e. The maximum atomic E-state index is 11.9. The Morgan fingerprint density at radius 3 is 2.58 bits per heavy atom. The molecular weight excluding hydrogens is 330 g/mol. The van der Waals surface area contributed by atoms with Crippen LogP contribution in [0.25, 0.3) is 0 Å². The van der Waals surface area contributed by atoms with Crippen LogP contribution in [0.15, 0.2) is 42.5 Å². The highest BCUT2D eigenvalue weighted by molar-refractivity contribution is 6.30. The Morgan fingerprint density at radius 2 is 1.83 bits per heavy atom. The van der Waals surface area contributed by atoms with Gasteiger partial charge in [0.25, 0.3) is 5.91 Å². The molecule has 0 fully saturated rings. The summed E-state index contributed by atoms with van der Waals surface area (Å²) in [4.78, 5) is 23.5. The van der Waals surface area contributed by atoms with E-state index < -0.39 is 11.9 Å². The number of benzene rings is 2. The molecule has 0 heterocycles. The van der Waals surface area contributed by atoms with Crippen molar-refractivity contribution in [3.05, 3.63) is 58.6 Å². The van der Waals surface area contributed by atoms with Gasteiger partial charge < -0.3 is 14.8 Å². The highest BCUT2D eigenvalue weighted by atomic mass is 35.5. The van der Waals surface area contributed by atoms with Gasteiger partial charge in [0.05, 0.1) is 0 Å². The lowest BCUT2D eigenvalue weighted by Crippen LogP contribution is -2.24. The van der Waals surface area contributed by atoms with Crippen LogP contribution in [0.1, 0.15) is 11.1 Å². The Labute approximate surface area is 145 Å². The predicted molar refractivity (Wildman–Crippen MR) is 92.5 cm³/mol. The van der Waals surface area contributed by atoms with Crippen molar-refractivity contribution in [2.75, 3.05) is 18.5 Å². The van der Waals surface area contributed by atoms with E-state index in [1.807, 2.05) is 26.0 Å². The van der Waals surface area contributed by atoms with Gasteiger partial charge in [0, 0.05) is 10.7 Å². The first kappa shape index (κ1) is 17.8. The molecule has 0 aliphatic carbocycles. The normalized spacial score (nSPS) is 10.1. The number of anilines is 1. The number of aryl methyl sites for hydroxylation is 1. The molecule has 1 amide bonds. The number of carbonyl (C=O) groups excluding carboxylic acids is 2. The molecule has 0 radical (unpaired) electrons. The van der Waals surface area contributed by atoms with Gasteiger partial charge in [-0.15, -0.1) is 0 Å². The summed E-state index contributed by atoms with van der Waals surface area (Å²) >= 11 is 5.81. The minimum absolute atomic E-state index is 0.295. The van der Waals surface area contributed by atoms with Crippen LogP contribution >= 0.6 is 11.6 Å². The molecule has 0 aliphatic heterocycles. The summed E-state index contributed by atoms with van der Waals surface area (Å²) in [5.74, 6) is -0.579. The van der Waals surface area contributed by atoms with Crippen molar-refractivity contribution in [1.82, 2.24) is 0 Å². The SMILES string of the molecule is Cc1cccc(NC(=O)COC(=O)COc2cccc(Cl)c2)c1C. The Morgan fingerprint density at radius 1 is 1.08 bits per heavy atom. The zero-order chi connectivity index (χ0) is 17.5. The Hall–Kier alpha value is -2.53. The average Bonchev–Trinajstić information content (AvgIpc) is 2.55. The van der Waals surface area contributed by atoms with E-state index in [0.29, 0.717) is 16.5 Å². The Bertz CT molecular complexity index is 746. The number of hydrogen-bond donors (Lipinski definition) is 1. The van der Waals surface area contributed by atoms with E-state index in [2.05, 4.69) is 5.32 Å². The lowest BCUT2D eigenvalue weighted by Gasteiger charge is -2.11. The van der Waals surface area contributed by atoms with Gasteiger partial charge in [-0.05, 0) is 49.2 Å². The minimum atomic E-state index is -0.633. The second-order valence-corrected chi connectivity index (χ2v) is 5.64. The number of esters is 1. The monoisotopic (exact) mass is 347 g/mol. The van der Waals surface area contributed by atoms with Crippen molar-refractivity contribution in [2.45, 2.75) is 13.8 Å². The second kappa shape index (κ2) is 8.36. The lowest BCUT2D eigenvalue weighted by atomic mass is 10.1. The molecule has 2 aromatic carbocycles. The highest BCUT2D eigenvalue weighted by Gasteiger charge is 2.10. The standard InChI is InChI=1S/C18H18ClNO4/c1-12-5-3-8-16(13(12)2)20-17(21)10-24-18(22)11-23-15-7-4-6-14(19)9-15/h3-9H,10-11H2,1-2H3,(H,20,21). The molecular formula is C18H18ClNO4. The first-order valence-electron chi connectivity index (χ1n) is 7.36. The molecule has 126 valence electrons. The molecule has 6 heteroatoms. The Kier molecular flexibility index (Phi) is 6.21. The molecule has 0 spiro atoms. The average molecular weight is 348 g/mol. The fraction of sp³-hybridized carbons (Fsp3) is 0.222. The van der Waals surface area contributed by atoms with Gasteiger partial charge in [0.15, 0.2) is 13.2 Å². The van der Waals surface area contributed by atoms with Crippen molar-refractivity contribution in [3.63, 3.8) is 0 Å². The van der Waals surface area contributed by atoms with E-state index in [1.165, 1.54) is 0 Å². The van der Waals surface area contributed by atoms with Gasteiger partial charge in [-0.3, -0.25) is 4.79 Å². The van der Waals surface area contributed by atoms with E-state index in [4.69, 9.17) is 21.1 Å². The quantitative estimate of drug-likeness (QED) is 0.812. The molecule has 0 aliphatic rings. The number of nitrogens with one attached hydrogen (secondary N) is 1. The molecule has 0 aromatic heterocycles. The maximum absolute atomic E-state index is 11.9. The Balaban J connectivity index is 1.77. The smallest absolute Gasteiger partial charge is 0.344 e. The van der Waals surface area contributed by atoms with Gasteiger partial charge >= 0.3 is 5.97 Å². The van der Waals surface area contributed by atoms with Crippen LogP contribution in [0.3, 0.4) is 0 Å². The van der Waals surface area contributed by atoms with Crippen molar-refractivity contribution >= 4 is 29.2 Å². The molecule has 1 N–H and O–H groups in total. The van der Waals surface area contributed by atoms with E-state index >= 15 is 0 Å². The van der Waals surface area contributed by atoms with Crippen LogP contribution in [0, 0.1) is 13.8 Å². The third-order valence-corrected chi connectivity index (χ3v) is 3.63. The molecule has 0 bridgehead atoms. The molecule has 0 saturated heterocycles. The summed E-state index contributed by atoms with van der Waals surface area (Å²) in [7, 11) is 0. The van der Waals surface area contributed by atoms with Crippen LogP contribution in [0.2, 0.25) is 5.02 Å². The van der Waals surface area contributed by atoms with Crippen LogP contribution in [0.4, 0.5) is 5.69 Å². The molecule has 2 aromatic rings. The van der Waals surface area contributed by atoms with Gasteiger partial charge in [-0.1, -0.05) is 29.8 Å². The van der Waals surface area contributed by atoms with E-state index in [0.717, 1.165) is 11.1 Å². The largest absolute Gasteiger partial charge is 0.482 e. The predicted octanol–water partition coefficient (Wildman–Crippen LogP) is 3.52. The first-order chi connectivity index (χ1) is 11.5. The summed E-state index contributed by atoms with van der Waals surface area (Å²) in [5, 5.41) is 3.22. The summed E-state index contributed by atoms with van der Waals surface area (Å²) in [6.07, 6.45) is 0. The number of rotatable bonds is 6. The minimum Gasteiger partial charge on any atom is -0.482 e.